The molecule has 0 aliphatic heterocycles. The van der Waals surface area contributed by atoms with Gasteiger partial charge in [-0.2, -0.15) is 13.2 Å². The minimum absolute atomic E-state index is 0.108. The lowest BCUT2D eigenvalue weighted by atomic mass is 9.56. The van der Waals surface area contributed by atoms with Crippen LogP contribution in [0.3, 0.4) is 0 Å². The predicted octanol–water partition coefficient (Wildman–Crippen LogP) is 2.44. The Balaban J connectivity index is 2.36. The number of carbonyl (C=O) groups is 1. The van der Waals surface area contributed by atoms with E-state index in [1.54, 1.807) is 7.11 Å². The second-order valence-corrected chi connectivity index (χ2v) is 5.68. The normalized spacial score (nSPS) is 29.5. The van der Waals surface area contributed by atoms with Gasteiger partial charge >= 0.3 is 12.2 Å². The summed E-state index contributed by atoms with van der Waals surface area (Å²) in [6.07, 6.45) is -4.63. The first-order valence-corrected chi connectivity index (χ1v) is 6.18. The van der Waals surface area contributed by atoms with Crippen molar-refractivity contribution >= 4 is 6.03 Å². The van der Waals surface area contributed by atoms with Gasteiger partial charge in [0.05, 0.1) is 12.0 Å². The Kier molecular flexibility index (Phi) is 4.39. The smallest absolute Gasteiger partial charge is 0.378 e. The number of amides is 2. The molecule has 112 valence electrons. The lowest BCUT2D eigenvalue weighted by Gasteiger charge is -2.59. The average molecular weight is 282 g/mol. The maximum atomic E-state index is 11.9. The van der Waals surface area contributed by atoms with Crippen molar-refractivity contribution < 1.29 is 22.7 Å². The molecule has 2 N–H and O–H groups in total. The van der Waals surface area contributed by atoms with E-state index in [-0.39, 0.29) is 17.1 Å². The number of carbonyl (C=O) groups excluding carboxylic acids is 1. The van der Waals surface area contributed by atoms with Gasteiger partial charge in [-0.05, 0) is 13.3 Å². The van der Waals surface area contributed by atoms with Crippen LogP contribution in [0.15, 0.2) is 0 Å². The summed E-state index contributed by atoms with van der Waals surface area (Å²) < 4.78 is 41.2. The lowest BCUT2D eigenvalue weighted by molar-refractivity contribution is -0.177. The molecular weight excluding hydrogens is 261 g/mol. The van der Waals surface area contributed by atoms with Crippen molar-refractivity contribution in [3.63, 3.8) is 0 Å². The maximum Gasteiger partial charge on any atom is 0.390 e. The lowest BCUT2D eigenvalue weighted by Crippen LogP contribution is -2.69. The topological polar surface area (TPSA) is 50.4 Å². The molecule has 7 heteroatoms. The number of urea groups is 1. The van der Waals surface area contributed by atoms with Crippen LogP contribution in [-0.2, 0) is 4.74 Å². The van der Waals surface area contributed by atoms with Gasteiger partial charge in [-0.25, -0.2) is 4.79 Å². The summed E-state index contributed by atoms with van der Waals surface area (Å²) in [6, 6.07) is -0.677. The van der Waals surface area contributed by atoms with Crippen LogP contribution in [-0.4, -0.2) is 37.5 Å². The van der Waals surface area contributed by atoms with Crippen LogP contribution in [0, 0.1) is 5.41 Å². The van der Waals surface area contributed by atoms with Gasteiger partial charge in [0, 0.05) is 25.1 Å². The van der Waals surface area contributed by atoms with E-state index in [9.17, 15) is 18.0 Å². The Bertz CT molecular complexity index is 344. The molecule has 2 amide bonds. The molecule has 1 aliphatic rings. The molecule has 0 bridgehead atoms. The molecule has 0 spiro atoms. The summed E-state index contributed by atoms with van der Waals surface area (Å²) in [5, 5.41) is 4.90. The number of nitrogens with one attached hydrogen (secondary N) is 2. The van der Waals surface area contributed by atoms with Crippen LogP contribution in [0.4, 0.5) is 18.0 Å². The molecule has 0 aromatic heterocycles. The number of rotatable bonds is 4. The second-order valence-electron chi connectivity index (χ2n) is 5.68. The van der Waals surface area contributed by atoms with Crippen molar-refractivity contribution in [1.29, 1.82) is 0 Å². The number of methoxy groups -OCH3 is 1. The van der Waals surface area contributed by atoms with Gasteiger partial charge in [0.2, 0.25) is 0 Å². The minimum atomic E-state index is -4.25. The molecular formula is C12H21F3N2O2. The van der Waals surface area contributed by atoms with Gasteiger partial charge < -0.3 is 15.4 Å². The number of ether oxygens (including phenoxy) is 1. The molecule has 1 rings (SSSR count). The van der Waals surface area contributed by atoms with Gasteiger partial charge in [-0.15, -0.1) is 0 Å². The number of alkyl halides is 3. The second kappa shape index (κ2) is 5.19. The van der Waals surface area contributed by atoms with E-state index in [0.29, 0.717) is 6.42 Å². The summed E-state index contributed by atoms with van der Waals surface area (Å²) in [4.78, 5) is 11.5. The monoisotopic (exact) mass is 282 g/mol. The fourth-order valence-corrected chi connectivity index (χ4v) is 2.25. The van der Waals surface area contributed by atoms with Gasteiger partial charge in [0.25, 0.3) is 0 Å². The summed E-state index contributed by atoms with van der Waals surface area (Å²) in [6.45, 7) is 5.46. The molecule has 0 saturated heterocycles. The van der Waals surface area contributed by atoms with E-state index < -0.39 is 25.2 Å². The van der Waals surface area contributed by atoms with Crippen molar-refractivity contribution in [2.24, 2.45) is 5.41 Å². The van der Waals surface area contributed by atoms with E-state index in [1.807, 2.05) is 20.8 Å². The largest absolute Gasteiger partial charge is 0.390 e. The van der Waals surface area contributed by atoms with E-state index in [1.165, 1.54) is 0 Å². The zero-order chi connectivity index (χ0) is 14.9. The van der Waals surface area contributed by atoms with E-state index in [2.05, 4.69) is 10.6 Å². The molecule has 0 radical (unpaired) electrons. The zero-order valence-corrected chi connectivity index (χ0v) is 11.6. The fraction of sp³-hybridized carbons (Fsp3) is 0.917. The maximum absolute atomic E-state index is 11.9. The van der Waals surface area contributed by atoms with Crippen LogP contribution in [0.25, 0.3) is 0 Å². The van der Waals surface area contributed by atoms with Crippen molar-refractivity contribution in [3.05, 3.63) is 0 Å². The predicted molar refractivity (Wildman–Crippen MR) is 64.8 cm³/mol. The Hall–Kier alpha value is -0.980. The van der Waals surface area contributed by atoms with Crippen molar-refractivity contribution in [3.8, 4) is 0 Å². The molecule has 1 aliphatic carbocycles. The first-order valence-electron chi connectivity index (χ1n) is 6.18. The van der Waals surface area contributed by atoms with Crippen LogP contribution < -0.4 is 10.6 Å². The van der Waals surface area contributed by atoms with Crippen LogP contribution in [0.1, 0.15) is 33.6 Å². The van der Waals surface area contributed by atoms with Crippen molar-refractivity contribution in [2.45, 2.75) is 51.4 Å². The SMILES string of the molecule is CO[C@]1(C)C[C@@H](NC(=O)NCCC(F)(F)F)C1(C)C. The molecule has 0 aromatic rings. The van der Waals surface area contributed by atoms with Gasteiger partial charge in [0.15, 0.2) is 0 Å². The zero-order valence-electron chi connectivity index (χ0n) is 11.6. The number of hydrogen-bond acceptors (Lipinski definition) is 2. The third-order valence-corrected chi connectivity index (χ3v) is 4.28. The highest BCUT2D eigenvalue weighted by atomic mass is 19.4. The molecule has 0 aromatic carbocycles. The van der Waals surface area contributed by atoms with Crippen LogP contribution in [0.5, 0.6) is 0 Å². The van der Waals surface area contributed by atoms with Gasteiger partial charge in [-0.3, -0.25) is 0 Å². The number of halogens is 3. The van der Waals surface area contributed by atoms with E-state index >= 15 is 0 Å². The summed E-state index contributed by atoms with van der Waals surface area (Å²) in [5.74, 6) is 0. The Morgan fingerprint density at radius 3 is 2.37 bits per heavy atom. The minimum Gasteiger partial charge on any atom is -0.378 e. The van der Waals surface area contributed by atoms with Crippen LogP contribution >= 0.6 is 0 Å². The molecule has 1 fully saturated rings. The van der Waals surface area contributed by atoms with Gasteiger partial charge in [0.1, 0.15) is 0 Å². The molecule has 19 heavy (non-hydrogen) atoms. The highest BCUT2D eigenvalue weighted by Gasteiger charge is 2.58. The van der Waals surface area contributed by atoms with E-state index in [4.69, 9.17) is 4.74 Å². The summed E-state index contributed by atoms with van der Waals surface area (Å²) in [5.41, 5.74) is -0.583. The highest BCUT2D eigenvalue weighted by Crippen LogP contribution is 2.51. The molecule has 2 atom stereocenters. The van der Waals surface area contributed by atoms with Crippen molar-refractivity contribution in [2.75, 3.05) is 13.7 Å². The molecule has 0 unspecified atom stereocenters. The quantitative estimate of drug-likeness (QED) is 0.832. The molecule has 1 saturated carbocycles. The Morgan fingerprint density at radius 2 is 1.95 bits per heavy atom. The average Bonchev–Trinajstić information content (AvgIpc) is 2.26. The van der Waals surface area contributed by atoms with Gasteiger partial charge in [-0.1, -0.05) is 13.8 Å². The van der Waals surface area contributed by atoms with Crippen LogP contribution in [0.2, 0.25) is 0 Å². The van der Waals surface area contributed by atoms with E-state index in [0.717, 1.165) is 0 Å². The fourth-order valence-electron chi connectivity index (χ4n) is 2.25. The Labute approximate surface area is 111 Å². The number of hydrogen-bond donors (Lipinski definition) is 2. The third kappa shape index (κ3) is 3.52. The third-order valence-electron chi connectivity index (χ3n) is 4.28. The summed E-state index contributed by atoms with van der Waals surface area (Å²) in [7, 11) is 1.61. The Morgan fingerprint density at radius 1 is 1.37 bits per heavy atom. The highest BCUT2D eigenvalue weighted by molar-refractivity contribution is 5.74. The standard InChI is InChI=1S/C12H21F3N2O2/c1-10(2)8(7-11(10,3)19-4)17-9(18)16-6-5-12(13,14)15/h8H,5-7H2,1-4H3,(H2,16,17,18)/t8-,11-/m1/s1. The summed E-state index contributed by atoms with van der Waals surface area (Å²) >= 11 is 0. The molecule has 4 nitrogen and oxygen atoms in total. The molecule has 0 heterocycles. The first kappa shape index (κ1) is 16.1. The first-order chi connectivity index (χ1) is 8.52. The van der Waals surface area contributed by atoms with Crippen molar-refractivity contribution in [1.82, 2.24) is 10.6 Å².